The number of aryl methyl sites for hydroxylation is 1. The zero-order chi connectivity index (χ0) is 23.5. The summed E-state index contributed by atoms with van der Waals surface area (Å²) in [7, 11) is 1.51. The molecule has 33 heavy (non-hydrogen) atoms. The summed E-state index contributed by atoms with van der Waals surface area (Å²) < 4.78 is 6.68. The van der Waals surface area contributed by atoms with Crippen molar-refractivity contribution in [1.82, 2.24) is 20.4 Å². The van der Waals surface area contributed by atoms with Crippen LogP contribution in [0.1, 0.15) is 40.0 Å². The molecule has 1 aromatic heterocycles. The van der Waals surface area contributed by atoms with Crippen molar-refractivity contribution in [2.45, 2.75) is 25.4 Å². The predicted octanol–water partition coefficient (Wildman–Crippen LogP) is 2.66. The van der Waals surface area contributed by atoms with Crippen LogP contribution >= 0.6 is 0 Å². The third-order valence-electron chi connectivity index (χ3n) is 5.74. The van der Waals surface area contributed by atoms with Crippen LogP contribution in [0.2, 0.25) is 0 Å². The Morgan fingerprint density at radius 1 is 1.09 bits per heavy atom. The number of ether oxygens (including phenoxy) is 1. The molecule has 3 N–H and O–H groups in total. The number of carboxylic acid groups (broad SMARTS) is 1. The fourth-order valence-corrected chi connectivity index (χ4v) is 4.11. The Kier molecular flexibility index (Phi) is 6.12. The highest BCUT2D eigenvalue weighted by atomic mass is 16.5. The lowest BCUT2D eigenvalue weighted by molar-refractivity contribution is -0.122. The van der Waals surface area contributed by atoms with Crippen LogP contribution < -0.4 is 10.6 Å². The van der Waals surface area contributed by atoms with E-state index in [1.165, 1.54) is 24.9 Å². The van der Waals surface area contributed by atoms with Crippen LogP contribution in [0.3, 0.4) is 0 Å². The Balaban J connectivity index is 1.32. The van der Waals surface area contributed by atoms with Crippen LogP contribution in [0, 0.1) is 0 Å². The van der Waals surface area contributed by atoms with Gasteiger partial charge in [-0.2, -0.15) is 5.10 Å². The molecule has 0 aliphatic heterocycles. The van der Waals surface area contributed by atoms with Crippen molar-refractivity contribution in [3.05, 3.63) is 77.1 Å². The Labute approximate surface area is 190 Å². The van der Waals surface area contributed by atoms with Crippen LogP contribution in [-0.2, 0) is 23.1 Å². The van der Waals surface area contributed by atoms with Gasteiger partial charge in [0.25, 0.3) is 0 Å². The summed E-state index contributed by atoms with van der Waals surface area (Å²) >= 11 is 0. The number of carbonyl (C=O) groups is 3. The van der Waals surface area contributed by atoms with Gasteiger partial charge in [0.2, 0.25) is 5.91 Å². The van der Waals surface area contributed by atoms with Gasteiger partial charge in [0.15, 0.2) is 5.69 Å². The molecule has 1 aliphatic rings. The van der Waals surface area contributed by atoms with E-state index < -0.39 is 24.0 Å². The first-order chi connectivity index (χ1) is 15.9. The molecule has 1 aliphatic carbocycles. The normalized spacial score (nSPS) is 13.0. The minimum absolute atomic E-state index is 0.00699. The first-order valence-corrected chi connectivity index (χ1v) is 10.5. The highest BCUT2D eigenvalue weighted by Crippen LogP contribution is 2.44. The number of hydrogen-bond donors (Lipinski definition) is 3. The van der Waals surface area contributed by atoms with Crippen LogP contribution in [-0.4, -0.2) is 45.5 Å². The van der Waals surface area contributed by atoms with Crippen molar-refractivity contribution in [2.24, 2.45) is 7.05 Å². The van der Waals surface area contributed by atoms with E-state index in [1.54, 1.807) is 0 Å². The van der Waals surface area contributed by atoms with E-state index >= 15 is 0 Å². The summed E-state index contributed by atoms with van der Waals surface area (Å²) in [6, 6.07) is 15.2. The summed E-state index contributed by atoms with van der Waals surface area (Å²) in [6.07, 6.45) is 0.681. The largest absolute Gasteiger partial charge is 0.477 e. The number of nitrogens with one attached hydrogen (secondary N) is 2. The van der Waals surface area contributed by atoms with E-state index in [9.17, 15) is 19.5 Å². The molecule has 0 unspecified atom stereocenters. The van der Waals surface area contributed by atoms with Crippen molar-refractivity contribution in [1.29, 1.82) is 0 Å². The van der Waals surface area contributed by atoms with Gasteiger partial charge in [-0.3, -0.25) is 9.48 Å². The second-order valence-corrected chi connectivity index (χ2v) is 7.86. The lowest BCUT2D eigenvalue weighted by Crippen LogP contribution is -2.45. The van der Waals surface area contributed by atoms with Gasteiger partial charge in [-0.15, -0.1) is 0 Å². The maximum absolute atomic E-state index is 12.4. The molecule has 1 heterocycles. The average molecular weight is 448 g/mol. The molecular formula is C24H24N4O5. The zero-order valence-electron chi connectivity index (χ0n) is 18.2. The number of rotatable bonds is 7. The lowest BCUT2D eigenvalue weighted by Gasteiger charge is -2.17. The predicted molar refractivity (Wildman–Crippen MR) is 120 cm³/mol. The maximum atomic E-state index is 12.4. The van der Waals surface area contributed by atoms with Gasteiger partial charge in [0.05, 0.1) is 6.20 Å². The molecule has 170 valence electrons. The molecule has 2 aromatic carbocycles. The Morgan fingerprint density at radius 3 is 2.30 bits per heavy atom. The van der Waals surface area contributed by atoms with Crippen molar-refractivity contribution in [3.8, 4) is 11.1 Å². The fourth-order valence-electron chi connectivity index (χ4n) is 4.11. The molecule has 9 heteroatoms. The molecule has 4 rings (SSSR count). The van der Waals surface area contributed by atoms with Gasteiger partial charge in [-0.1, -0.05) is 48.5 Å². The molecule has 0 bridgehead atoms. The molecule has 3 aromatic rings. The van der Waals surface area contributed by atoms with Crippen molar-refractivity contribution in [2.75, 3.05) is 6.61 Å². The second-order valence-electron chi connectivity index (χ2n) is 7.86. The SMILES string of the molecule is C[C@H](NC(=O)OCC1c2ccccc2-c2ccccc21)C(=O)NCc1cnn(C)c1C(=O)O. The van der Waals surface area contributed by atoms with Crippen LogP contribution in [0.15, 0.2) is 54.7 Å². The number of amides is 2. The van der Waals surface area contributed by atoms with Gasteiger partial charge in [-0.05, 0) is 29.2 Å². The van der Waals surface area contributed by atoms with Gasteiger partial charge >= 0.3 is 12.1 Å². The number of hydrogen-bond acceptors (Lipinski definition) is 5. The summed E-state index contributed by atoms with van der Waals surface area (Å²) in [6.45, 7) is 1.65. The van der Waals surface area contributed by atoms with E-state index in [-0.39, 0.29) is 24.8 Å². The highest BCUT2D eigenvalue weighted by molar-refractivity contribution is 5.88. The fraction of sp³-hybridized carbons (Fsp3) is 0.250. The quantitative estimate of drug-likeness (QED) is 0.511. The number of alkyl carbamates (subject to hydrolysis) is 1. The van der Waals surface area contributed by atoms with Crippen LogP contribution in [0.25, 0.3) is 11.1 Å². The molecule has 0 saturated heterocycles. The summed E-state index contributed by atoms with van der Waals surface area (Å²) in [5.41, 5.74) is 4.82. The molecule has 0 spiro atoms. The number of fused-ring (bicyclic) bond motifs is 3. The first-order valence-electron chi connectivity index (χ1n) is 10.5. The van der Waals surface area contributed by atoms with Crippen molar-refractivity contribution < 1.29 is 24.2 Å². The smallest absolute Gasteiger partial charge is 0.407 e. The summed E-state index contributed by atoms with van der Waals surface area (Å²) in [5, 5.41) is 18.3. The van der Waals surface area contributed by atoms with E-state index in [2.05, 4.69) is 27.9 Å². The van der Waals surface area contributed by atoms with E-state index in [1.807, 2.05) is 36.4 Å². The molecule has 2 amide bonds. The number of carbonyl (C=O) groups excluding carboxylic acids is 2. The molecule has 9 nitrogen and oxygen atoms in total. The van der Waals surface area contributed by atoms with Crippen LogP contribution in [0.5, 0.6) is 0 Å². The monoisotopic (exact) mass is 448 g/mol. The number of aromatic nitrogens is 2. The Hall–Kier alpha value is -4.14. The molecule has 1 atom stereocenters. The minimum Gasteiger partial charge on any atom is -0.477 e. The summed E-state index contributed by atoms with van der Waals surface area (Å²) in [5.74, 6) is -1.68. The van der Waals surface area contributed by atoms with E-state index in [0.717, 1.165) is 22.3 Å². The van der Waals surface area contributed by atoms with Crippen LogP contribution in [0.4, 0.5) is 4.79 Å². The molecular weight excluding hydrogens is 424 g/mol. The van der Waals surface area contributed by atoms with E-state index in [0.29, 0.717) is 5.56 Å². The molecule has 0 fully saturated rings. The second kappa shape index (κ2) is 9.15. The zero-order valence-corrected chi connectivity index (χ0v) is 18.2. The number of aromatic carboxylic acids is 1. The van der Waals surface area contributed by atoms with Crippen molar-refractivity contribution in [3.63, 3.8) is 0 Å². The van der Waals surface area contributed by atoms with Gasteiger partial charge < -0.3 is 20.5 Å². The highest BCUT2D eigenvalue weighted by Gasteiger charge is 2.29. The minimum atomic E-state index is -1.14. The number of nitrogens with zero attached hydrogens (tertiary/aromatic N) is 2. The van der Waals surface area contributed by atoms with Crippen molar-refractivity contribution >= 4 is 18.0 Å². The van der Waals surface area contributed by atoms with E-state index in [4.69, 9.17) is 4.74 Å². The first kappa shape index (κ1) is 22.1. The maximum Gasteiger partial charge on any atom is 0.407 e. The number of carboxylic acids is 1. The molecule has 0 radical (unpaired) electrons. The third kappa shape index (κ3) is 4.43. The number of benzene rings is 2. The van der Waals surface area contributed by atoms with Gasteiger partial charge in [0.1, 0.15) is 12.6 Å². The third-order valence-corrected chi connectivity index (χ3v) is 5.74. The standard InChI is InChI=1S/C24H24N4O5/c1-14(22(29)25-11-15-12-26-28(2)21(15)23(30)31)27-24(32)33-13-20-18-9-5-3-7-16(18)17-8-4-6-10-19(17)20/h3-10,12,14,20H,11,13H2,1-2H3,(H,25,29)(H,27,32)(H,30,31)/t14-/m0/s1. The topological polar surface area (TPSA) is 123 Å². The lowest BCUT2D eigenvalue weighted by atomic mass is 9.98. The molecule has 0 saturated carbocycles. The Bertz CT molecular complexity index is 1170. The van der Waals surface area contributed by atoms with Gasteiger partial charge in [-0.25, -0.2) is 9.59 Å². The van der Waals surface area contributed by atoms with Gasteiger partial charge in [0, 0.05) is 25.1 Å². The average Bonchev–Trinajstić information content (AvgIpc) is 3.33. The summed E-state index contributed by atoms with van der Waals surface area (Å²) in [4.78, 5) is 36.0. The Morgan fingerprint density at radius 2 is 1.70 bits per heavy atom.